The molecule has 0 atom stereocenters. The van der Waals surface area contributed by atoms with Crippen LogP contribution in [0, 0.1) is 6.92 Å². The summed E-state index contributed by atoms with van der Waals surface area (Å²) in [5.74, 6) is 0. The van der Waals surface area contributed by atoms with E-state index in [2.05, 4.69) is 0 Å². The topological polar surface area (TPSA) is 40.6 Å². The van der Waals surface area contributed by atoms with Crippen LogP contribution >= 0.6 is 0 Å². The highest BCUT2D eigenvalue weighted by Crippen LogP contribution is 2.37. The lowest BCUT2D eigenvalue weighted by atomic mass is 10.2. The molecular formula is C14H16F6N2O2S. The van der Waals surface area contributed by atoms with Gasteiger partial charge in [-0.3, -0.25) is 4.90 Å². The Morgan fingerprint density at radius 2 is 1.32 bits per heavy atom. The SMILES string of the molecule is Cc1ccc(S(=O)(=O)N2CCN(C(C(F)(F)F)C(F)(F)F)CC2)cc1. The van der Waals surface area contributed by atoms with E-state index in [0.29, 0.717) is 0 Å². The normalized spacial score (nSPS) is 18.7. The number of halogens is 6. The van der Waals surface area contributed by atoms with E-state index >= 15 is 0 Å². The van der Waals surface area contributed by atoms with Crippen LogP contribution in [-0.2, 0) is 10.0 Å². The first-order valence-corrected chi connectivity index (χ1v) is 8.72. The molecule has 0 radical (unpaired) electrons. The number of hydrogen-bond donors (Lipinski definition) is 0. The van der Waals surface area contributed by atoms with Gasteiger partial charge in [0.15, 0.2) is 0 Å². The first-order chi connectivity index (χ1) is 11.3. The first kappa shape index (κ1) is 20.0. The highest BCUT2D eigenvalue weighted by Gasteiger charge is 2.60. The average molecular weight is 390 g/mol. The maximum absolute atomic E-state index is 12.7. The van der Waals surface area contributed by atoms with Gasteiger partial charge >= 0.3 is 12.4 Å². The van der Waals surface area contributed by atoms with Crippen molar-refractivity contribution in [1.29, 1.82) is 0 Å². The summed E-state index contributed by atoms with van der Waals surface area (Å²) in [4.78, 5) is 0.177. The van der Waals surface area contributed by atoms with Gasteiger partial charge in [-0.15, -0.1) is 0 Å². The van der Waals surface area contributed by atoms with Gasteiger partial charge in [-0.05, 0) is 19.1 Å². The minimum absolute atomic E-state index is 0.0465. The number of benzene rings is 1. The largest absolute Gasteiger partial charge is 0.412 e. The van der Waals surface area contributed by atoms with Crippen molar-refractivity contribution < 1.29 is 34.8 Å². The molecule has 0 unspecified atom stereocenters. The Morgan fingerprint density at radius 1 is 0.880 bits per heavy atom. The van der Waals surface area contributed by atoms with Crippen LogP contribution in [0.4, 0.5) is 26.3 Å². The molecule has 1 aromatic carbocycles. The fourth-order valence-corrected chi connectivity index (χ4v) is 4.08. The number of hydrogen-bond acceptors (Lipinski definition) is 3. The summed E-state index contributed by atoms with van der Waals surface area (Å²) in [5.41, 5.74) is 0.821. The number of rotatable bonds is 3. The molecule has 2 rings (SSSR count). The van der Waals surface area contributed by atoms with E-state index in [0.717, 1.165) is 9.87 Å². The van der Waals surface area contributed by atoms with Gasteiger partial charge in [0, 0.05) is 26.2 Å². The third-order valence-corrected chi connectivity index (χ3v) is 5.83. The molecule has 1 aliphatic rings. The van der Waals surface area contributed by atoms with Crippen LogP contribution in [0.3, 0.4) is 0 Å². The molecule has 4 nitrogen and oxygen atoms in total. The van der Waals surface area contributed by atoms with Crippen molar-refractivity contribution in [3.8, 4) is 0 Å². The maximum Gasteiger partial charge on any atom is 0.412 e. The zero-order valence-electron chi connectivity index (χ0n) is 13.1. The molecule has 0 aromatic heterocycles. The van der Waals surface area contributed by atoms with E-state index < -0.39 is 54.6 Å². The molecule has 1 heterocycles. The van der Waals surface area contributed by atoms with Crippen LogP contribution < -0.4 is 0 Å². The van der Waals surface area contributed by atoms with Gasteiger partial charge < -0.3 is 0 Å². The molecule has 0 N–H and O–H groups in total. The summed E-state index contributed by atoms with van der Waals surface area (Å²) in [6.07, 6.45) is -11.0. The molecule has 1 aromatic rings. The Bertz CT molecular complexity index is 678. The minimum Gasteiger partial charge on any atom is -0.282 e. The summed E-state index contributed by atoms with van der Waals surface area (Å²) >= 11 is 0. The molecule has 1 fully saturated rings. The maximum atomic E-state index is 12.7. The van der Waals surface area contributed by atoms with Crippen molar-refractivity contribution >= 4 is 10.0 Å². The van der Waals surface area contributed by atoms with E-state index in [4.69, 9.17) is 0 Å². The molecule has 25 heavy (non-hydrogen) atoms. The molecule has 0 bridgehead atoms. The zero-order valence-corrected chi connectivity index (χ0v) is 13.9. The Labute approximate surface area is 141 Å². The third kappa shape index (κ3) is 4.45. The van der Waals surface area contributed by atoms with E-state index in [9.17, 15) is 34.8 Å². The number of aryl methyl sites for hydroxylation is 1. The number of piperazine rings is 1. The number of sulfonamides is 1. The van der Waals surface area contributed by atoms with Crippen LogP contribution in [0.25, 0.3) is 0 Å². The standard InChI is InChI=1S/C14H16F6N2O2S/c1-10-2-4-11(5-3-10)25(23,24)22-8-6-21(7-9-22)12(13(15,16)17)14(18,19)20/h2-5,12H,6-9H2,1H3. The smallest absolute Gasteiger partial charge is 0.282 e. The summed E-state index contributed by atoms with van der Waals surface area (Å²) in [5, 5.41) is 0. The Hall–Kier alpha value is -1.33. The van der Waals surface area contributed by atoms with Gasteiger partial charge in [0.2, 0.25) is 16.1 Å². The predicted molar refractivity (Wildman–Crippen MR) is 77.4 cm³/mol. The van der Waals surface area contributed by atoms with Crippen molar-refractivity contribution in [1.82, 2.24) is 9.21 Å². The van der Waals surface area contributed by atoms with Gasteiger partial charge in [0.1, 0.15) is 0 Å². The molecule has 0 amide bonds. The first-order valence-electron chi connectivity index (χ1n) is 7.28. The van der Waals surface area contributed by atoms with Crippen molar-refractivity contribution in [3.63, 3.8) is 0 Å². The van der Waals surface area contributed by atoms with Gasteiger partial charge in [-0.1, -0.05) is 17.7 Å². The van der Waals surface area contributed by atoms with Gasteiger partial charge in [-0.2, -0.15) is 30.6 Å². The van der Waals surface area contributed by atoms with Gasteiger partial charge in [-0.25, -0.2) is 8.42 Å². The molecular weight excluding hydrogens is 374 g/mol. The second kappa shape index (κ2) is 6.76. The van der Waals surface area contributed by atoms with Crippen molar-refractivity contribution in [2.45, 2.75) is 30.2 Å². The van der Waals surface area contributed by atoms with Crippen molar-refractivity contribution in [2.24, 2.45) is 0 Å². The highest BCUT2D eigenvalue weighted by atomic mass is 32.2. The quantitative estimate of drug-likeness (QED) is 0.746. The third-order valence-electron chi connectivity index (χ3n) is 3.92. The summed E-state index contributed by atoms with van der Waals surface area (Å²) in [7, 11) is -3.95. The molecule has 1 saturated heterocycles. The lowest BCUT2D eigenvalue weighted by Gasteiger charge is -2.39. The van der Waals surface area contributed by atoms with Crippen molar-refractivity contribution in [2.75, 3.05) is 26.2 Å². The molecule has 1 aliphatic heterocycles. The zero-order chi connectivity index (χ0) is 19.0. The monoisotopic (exact) mass is 390 g/mol. The van der Waals surface area contributed by atoms with Gasteiger partial charge in [0.25, 0.3) is 0 Å². The average Bonchev–Trinajstić information content (AvgIpc) is 2.45. The van der Waals surface area contributed by atoms with Crippen LogP contribution in [0.2, 0.25) is 0 Å². The Kier molecular flexibility index (Phi) is 5.41. The minimum atomic E-state index is -5.48. The number of nitrogens with zero attached hydrogens (tertiary/aromatic N) is 2. The summed E-state index contributed by atoms with van der Waals surface area (Å²) < 4.78 is 102. The fraction of sp³-hybridized carbons (Fsp3) is 0.571. The van der Waals surface area contributed by atoms with Crippen LogP contribution in [-0.4, -0.2) is 62.2 Å². The van der Waals surface area contributed by atoms with Gasteiger partial charge in [0.05, 0.1) is 4.90 Å². The molecule has 0 spiro atoms. The Morgan fingerprint density at radius 3 is 1.72 bits per heavy atom. The second-order valence-electron chi connectivity index (χ2n) is 5.74. The van der Waals surface area contributed by atoms with Crippen LogP contribution in [0.1, 0.15) is 5.56 Å². The fourth-order valence-electron chi connectivity index (χ4n) is 2.66. The van der Waals surface area contributed by atoms with Crippen LogP contribution in [0.15, 0.2) is 29.2 Å². The molecule has 11 heteroatoms. The molecule has 0 aliphatic carbocycles. The Balaban J connectivity index is 2.14. The van der Waals surface area contributed by atoms with Crippen LogP contribution in [0.5, 0.6) is 0 Å². The highest BCUT2D eigenvalue weighted by molar-refractivity contribution is 7.89. The van der Waals surface area contributed by atoms with E-state index in [1.807, 2.05) is 0 Å². The molecule has 0 saturated carbocycles. The summed E-state index contributed by atoms with van der Waals surface area (Å²) in [6.45, 7) is -0.453. The molecule has 142 valence electrons. The van der Waals surface area contributed by atoms with E-state index in [-0.39, 0.29) is 9.80 Å². The van der Waals surface area contributed by atoms with Crippen molar-refractivity contribution in [3.05, 3.63) is 29.8 Å². The lowest BCUT2D eigenvalue weighted by molar-refractivity contribution is -0.288. The van der Waals surface area contributed by atoms with E-state index in [1.54, 1.807) is 19.1 Å². The second-order valence-corrected chi connectivity index (χ2v) is 7.68. The predicted octanol–water partition coefficient (Wildman–Crippen LogP) is 2.79. The lowest BCUT2D eigenvalue weighted by Crippen LogP contribution is -2.60. The summed E-state index contributed by atoms with van der Waals surface area (Å²) in [6, 6.07) is 2.24. The van der Waals surface area contributed by atoms with E-state index in [1.165, 1.54) is 12.1 Å². The number of alkyl halides is 6.